The average Bonchev–Trinajstić information content (AvgIpc) is 2.87. The maximum atomic E-state index is 14.1. The number of hydrogen-bond acceptors (Lipinski definition) is 5. The van der Waals surface area contributed by atoms with E-state index in [4.69, 9.17) is 21.1 Å². The van der Waals surface area contributed by atoms with Gasteiger partial charge in [0.2, 0.25) is 5.88 Å². The topological polar surface area (TPSA) is 58.4 Å². The molecule has 1 aliphatic rings. The van der Waals surface area contributed by atoms with Gasteiger partial charge in [0.05, 0.1) is 0 Å². The summed E-state index contributed by atoms with van der Waals surface area (Å²) in [6.07, 6.45) is -0.392. The smallest absolute Gasteiger partial charge is 0.232 e. The van der Waals surface area contributed by atoms with Crippen molar-refractivity contribution < 1.29 is 13.9 Å². The minimum atomic E-state index is -0.548. The molecule has 0 bridgehead atoms. The van der Waals surface area contributed by atoms with Gasteiger partial charge in [0.25, 0.3) is 0 Å². The summed E-state index contributed by atoms with van der Waals surface area (Å²) in [5.41, 5.74) is 0.368. The predicted molar refractivity (Wildman–Crippen MR) is 84.1 cm³/mol. The predicted octanol–water partition coefficient (Wildman–Crippen LogP) is 2.61. The van der Waals surface area contributed by atoms with Crippen molar-refractivity contribution in [1.29, 1.82) is 5.26 Å². The Labute approximate surface area is 138 Å². The molecule has 120 valence electrons. The summed E-state index contributed by atoms with van der Waals surface area (Å²) in [5, 5.41) is 10.0. The van der Waals surface area contributed by atoms with Crippen molar-refractivity contribution in [2.24, 2.45) is 0 Å². The molecule has 0 amide bonds. The highest BCUT2D eigenvalue weighted by atomic mass is 35.5. The SMILES string of the molecule is CO[C@@H]1CN(C)C[C@H]1Oc1nc2c(F)cc(Cl)cc2cc1C#N. The highest BCUT2D eigenvalue weighted by Gasteiger charge is 2.33. The van der Waals surface area contributed by atoms with E-state index in [1.54, 1.807) is 13.2 Å². The largest absolute Gasteiger partial charge is 0.469 e. The van der Waals surface area contributed by atoms with Crippen molar-refractivity contribution in [3.05, 3.63) is 34.6 Å². The second kappa shape index (κ2) is 6.28. The Morgan fingerprint density at radius 3 is 2.78 bits per heavy atom. The maximum Gasteiger partial charge on any atom is 0.232 e. The first-order chi connectivity index (χ1) is 11.0. The molecule has 2 heterocycles. The van der Waals surface area contributed by atoms with E-state index < -0.39 is 5.82 Å². The second-order valence-electron chi connectivity index (χ2n) is 5.56. The van der Waals surface area contributed by atoms with Gasteiger partial charge in [-0.3, -0.25) is 4.90 Å². The molecule has 23 heavy (non-hydrogen) atoms. The molecule has 0 unspecified atom stereocenters. The first-order valence-corrected chi connectivity index (χ1v) is 7.47. The van der Waals surface area contributed by atoms with Crippen LogP contribution in [0.1, 0.15) is 5.56 Å². The van der Waals surface area contributed by atoms with E-state index >= 15 is 0 Å². The molecule has 0 radical (unpaired) electrons. The van der Waals surface area contributed by atoms with E-state index in [2.05, 4.69) is 9.88 Å². The summed E-state index contributed by atoms with van der Waals surface area (Å²) in [6, 6.07) is 6.33. The van der Waals surface area contributed by atoms with Crippen LogP contribution >= 0.6 is 11.6 Å². The van der Waals surface area contributed by atoms with Gasteiger partial charge in [-0.05, 0) is 25.2 Å². The van der Waals surface area contributed by atoms with E-state index in [9.17, 15) is 9.65 Å². The normalized spacial score (nSPS) is 21.5. The monoisotopic (exact) mass is 335 g/mol. The summed E-state index contributed by atoms with van der Waals surface area (Å²) in [7, 11) is 3.57. The summed E-state index contributed by atoms with van der Waals surface area (Å²) < 4.78 is 25.3. The van der Waals surface area contributed by atoms with E-state index in [0.717, 1.165) is 6.54 Å². The van der Waals surface area contributed by atoms with Gasteiger partial charge in [-0.2, -0.15) is 5.26 Å². The quantitative estimate of drug-likeness (QED) is 0.863. The molecule has 0 aliphatic carbocycles. The number of nitrogens with zero attached hydrogens (tertiary/aromatic N) is 3. The number of likely N-dealkylation sites (tertiary alicyclic amines) is 1. The first kappa shape index (κ1) is 15.9. The number of hydrogen-bond donors (Lipinski definition) is 0. The highest BCUT2D eigenvalue weighted by molar-refractivity contribution is 6.31. The van der Waals surface area contributed by atoms with Crippen molar-refractivity contribution in [2.75, 3.05) is 27.2 Å². The summed E-state index contributed by atoms with van der Waals surface area (Å²) in [4.78, 5) is 6.25. The minimum Gasteiger partial charge on any atom is -0.469 e. The van der Waals surface area contributed by atoms with Gasteiger partial charge >= 0.3 is 0 Å². The van der Waals surface area contributed by atoms with Crippen LogP contribution in [0.25, 0.3) is 10.9 Å². The van der Waals surface area contributed by atoms with Crippen LogP contribution in [0, 0.1) is 17.1 Å². The Morgan fingerprint density at radius 1 is 1.35 bits per heavy atom. The molecule has 1 fully saturated rings. The fourth-order valence-corrected chi connectivity index (χ4v) is 2.98. The lowest BCUT2D eigenvalue weighted by molar-refractivity contribution is 0.0321. The van der Waals surface area contributed by atoms with Crippen molar-refractivity contribution in [3.8, 4) is 11.9 Å². The number of rotatable bonds is 3. The van der Waals surface area contributed by atoms with Gasteiger partial charge in [-0.15, -0.1) is 0 Å². The standard InChI is InChI=1S/C16H15ClFN3O2/c1-21-7-13(22-2)14(8-21)23-16-10(6-19)3-9-4-11(17)5-12(18)15(9)20-16/h3-5,13-14H,7-8H2,1-2H3/t13-,14-/m1/s1. The van der Waals surface area contributed by atoms with E-state index in [1.807, 2.05) is 13.1 Å². The van der Waals surface area contributed by atoms with Crippen LogP contribution < -0.4 is 4.74 Å². The van der Waals surface area contributed by atoms with E-state index in [0.29, 0.717) is 11.9 Å². The van der Waals surface area contributed by atoms with Gasteiger partial charge in [-0.1, -0.05) is 11.6 Å². The highest BCUT2D eigenvalue weighted by Crippen LogP contribution is 2.28. The van der Waals surface area contributed by atoms with Crippen LogP contribution in [0.3, 0.4) is 0 Å². The third-order valence-electron chi connectivity index (χ3n) is 3.89. The molecule has 5 nitrogen and oxygen atoms in total. The molecule has 0 saturated carbocycles. The van der Waals surface area contributed by atoms with Crippen LogP contribution in [0.5, 0.6) is 5.88 Å². The third kappa shape index (κ3) is 3.08. The lowest BCUT2D eigenvalue weighted by Gasteiger charge is -2.19. The third-order valence-corrected chi connectivity index (χ3v) is 4.10. The Hall–Kier alpha value is -1.94. The Balaban J connectivity index is 2.01. The lowest BCUT2D eigenvalue weighted by Crippen LogP contribution is -2.32. The number of ether oxygens (including phenoxy) is 2. The van der Waals surface area contributed by atoms with Crippen LogP contribution in [0.15, 0.2) is 18.2 Å². The zero-order chi connectivity index (χ0) is 16.6. The molecule has 1 aliphatic heterocycles. The molecular weight excluding hydrogens is 321 g/mol. The summed E-state index contributed by atoms with van der Waals surface area (Å²) in [6.45, 7) is 1.37. The number of likely N-dealkylation sites (N-methyl/N-ethyl adjacent to an activating group) is 1. The number of pyridine rings is 1. The summed E-state index contributed by atoms with van der Waals surface area (Å²) in [5.74, 6) is -0.433. The van der Waals surface area contributed by atoms with E-state index in [-0.39, 0.29) is 34.2 Å². The molecule has 0 N–H and O–H groups in total. The van der Waals surface area contributed by atoms with Crippen LogP contribution in [-0.2, 0) is 4.74 Å². The van der Waals surface area contributed by atoms with Gasteiger partial charge in [-0.25, -0.2) is 9.37 Å². The molecule has 0 spiro atoms. The molecular formula is C16H15ClFN3O2. The Bertz CT molecular complexity index is 793. The fourth-order valence-electron chi connectivity index (χ4n) is 2.77. The zero-order valence-corrected chi connectivity index (χ0v) is 13.5. The lowest BCUT2D eigenvalue weighted by atomic mass is 10.1. The Kier molecular flexibility index (Phi) is 4.35. The number of aromatic nitrogens is 1. The van der Waals surface area contributed by atoms with Crippen molar-refractivity contribution in [1.82, 2.24) is 9.88 Å². The minimum absolute atomic E-state index is 0.114. The average molecular weight is 336 g/mol. The molecule has 2 aromatic rings. The van der Waals surface area contributed by atoms with Crippen LogP contribution in [0.4, 0.5) is 4.39 Å². The van der Waals surface area contributed by atoms with Gasteiger partial charge < -0.3 is 9.47 Å². The van der Waals surface area contributed by atoms with Gasteiger partial charge in [0, 0.05) is 30.6 Å². The number of benzene rings is 1. The fraction of sp³-hybridized carbons (Fsp3) is 0.375. The number of methoxy groups -OCH3 is 1. The molecule has 1 aromatic heterocycles. The van der Waals surface area contributed by atoms with Gasteiger partial charge in [0.1, 0.15) is 29.4 Å². The van der Waals surface area contributed by atoms with E-state index in [1.165, 1.54) is 12.1 Å². The number of halogens is 2. The molecule has 1 aromatic carbocycles. The van der Waals surface area contributed by atoms with Crippen LogP contribution in [0.2, 0.25) is 5.02 Å². The van der Waals surface area contributed by atoms with Crippen molar-refractivity contribution >= 4 is 22.5 Å². The Morgan fingerprint density at radius 2 is 2.09 bits per heavy atom. The number of fused-ring (bicyclic) bond motifs is 1. The molecule has 2 atom stereocenters. The first-order valence-electron chi connectivity index (χ1n) is 7.09. The zero-order valence-electron chi connectivity index (χ0n) is 12.7. The summed E-state index contributed by atoms with van der Waals surface area (Å²) >= 11 is 5.85. The maximum absolute atomic E-state index is 14.1. The number of nitriles is 1. The van der Waals surface area contributed by atoms with Crippen molar-refractivity contribution in [2.45, 2.75) is 12.2 Å². The molecule has 1 saturated heterocycles. The van der Waals surface area contributed by atoms with Gasteiger partial charge in [0.15, 0.2) is 5.82 Å². The van der Waals surface area contributed by atoms with Crippen LogP contribution in [-0.4, -0.2) is 49.3 Å². The van der Waals surface area contributed by atoms with Crippen molar-refractivity contribution in [3.63, 3.8) is 0 Å². The molecule has 3 rings (SSSR count). The second-order valence-corrected chi connectivity index (χ2v) is 6.00. The molecule has 7 heteroatoms.